The van der Waals surface area contributed by atoms with E-state index in [9.17, 15) is 19.2 Å². The molecule has 28 heavy (non-hydrogen) atoms. The summed E-state index contributed by atoms with van der Waals surface area (Å²) in [7, 11) is 0. The average Bonchev–Trinajstić information content (AvgIpc) is 2.52. The lowest BCUT2D eigenvalue weighted by Gasteiger charge is -2.19. The molecule has 0 saturated heterocycles. The second-order valence-electron chi connectivity index (χ2n) is 6.62. The molecule has 0 fully saturated rings. The van der Waals surface area contributed by atoms with Crippen LogP contribution in [0.25, 0.3) is 0 Å². The molecule has 1 aromatic carbocycles. The van der Waals surface area contributed by atoms with Crippen LogP contribution in [0.5, 0.6) is 5.75 Å². The quantitative estimate of drug-likeness (QED) is 0.432. The Morgan fingerprint density at radius 3 is 2.00 bits per heavy atom. The van der Waals surface area contributed by atoms with Crippen molar-refractivity contribution in [1.29, 1.82) is 0 Å². The minimum absolute atomic E-state index is 0.135. The number of carboxylic acid groups (broad SMARTS) is 3. The summed E-state index contributed by atoms with van der Waals surface area (Å²) in [4.78, 5) is 42.3. The summed E-state index contributed by atoms with van der Waals surface area (Å²) < 4.78 is 5.00. The highest BCUT2D eigenvalue weighted by Gasteiger charge is 2.16. The first-order valence-electron chi connectivity index (χ1n) is 8.31. The lowest BCUT2D eigenvalue weighted by atomic mass is 10.1. The molecular formula is C18H25NO9. The number of alkyl carbamates (subject to hydrolysis) is 1. The smallest absolute Gasteiger partial charge is 0.407 e. The van der Waals surface area contributed by atoms with E-state index in [0.717, 1.165) is 18.2 Å². The molecule has 0 radical (unpaired) electrons. The van der Waals surface area contributed by atoms with Crippen molar-refractivity contribution >= 4 is 24.0 Å². The molecule has 0 bridgehead atoms. The van der Waals surface area contributed by atoms with Crippen LogP contribution in [-0.2, 0) is 9.53 Å². The van der Waals surface area contributed by atoms with Gasteiger partial charge in [-0.3, -0.25) is 4.79 Å². The Bertz CT molecular complexity index is 707. The van der Waals surface area contributed by atoms with Gasteiger partial charge in [0.1, 0.15) is 11.4 Å². The monoisotopic (exact) mass is 399 g/mol. The van der Waals surface area contributed by atoms with Gasteiger partial charge >= 0.3 is 24.0 Å². The Kier molecular flexibility index (Phi) is 10.1. The van der Waals surface area contributed by atoms with Gasteiger partial charge in [0.05, 0.1) is 11.1 Å². The van der Waals surface area contributed by atoms with E-state index in [1.54, 1.807) is 20.8 Å². The molecule has 0 aliphatic heterocycles. The van der Waals surface area contributed by atoms with E-state index in [4.69, 9.17) is 25.2 Å². The zero-order chi connectivity index (χ0) is 21.9. The molecule has 1 amide bonds. The number of aliphatic carboxylic acids is 1. The summed E-state index contributed by atoms with van der Waals surface area (Å²) in [5.41, 5.74) is -1.26. The van der Waals surface area contributed by atoms with Crippen LogP contribution < -0.4 is 5.32 Å². The first-order chi connectivity index (χ1) is 12.8. The number of unbranched alkanes of at least 4 members (excludes halogenated alkanes) is 1. The normalized spacial score (nSPS) is 10.2. The summed E-state index contributed by atoms with van der Waals surface area (Å²) in [6.07, 6.45) is 0.880. The highest BCUT2D eigenvalue weighted by molar-refractivity contribution is 6.01. The van der Waals surface area contributed by atoms with E-state index in [-0.39, 0.29) is 17.7 Å². The standard InChI is InChI=1S/C10H19NO4.C8H6O5/c1-10(2,3)15-9(14)11-7-5-4-6-8(12)13;9-4-1-2-5(7(10)11)6(3-4)8(12)13/h4-7H2,1-3H3,(H,11,14)(H,12,13);1-3,9H,(H,10,11)(H,12,13). The number of carboxylic acids is 3. The zero-order valence-electron chi connectivity index (χ0n) is 15.9. The van der Waals surface area contributed by atoms with Crippen LogP contribution in [0.15, 0.2) is 18.2 Å². The lowest BCUT2D eigenvalue weighted by Crippen LogP contribution is -2.33. The van der Waals surface area contributed by atoms with Gasteiger partial charge in [0.2, 0.25) is 0 Å². The van der Waals surface area contributed by atoms with Crippen molar-refractivity contribution in [2.24, 2.45) is 0 Å². The first-order valence-corrected chi connectivity index (χ1v) is 8.31. The van der Waals surface area contributed by atoms with Crippen molar-refractivity contribution in [2.45, 2.75) is 45.6 Å². The van der Waals surface area contributed by atoms with Gasteiger partial charge in [-0.05, 0) is 51.8 Å². The van der Waals surface area contributed by atoms with Crippen LogP contribution in [0, 0.1) is 0 Å². The zero-order valence-corrected chi connectivity index (χ0v) is 15.9. The van der Waals surface area contributed by atoms with E-state index in [1.165, 1.54) is 0 Å². The topological polar surface area (TPSA) is 170 Å². The molecule has 10 nitrogen and oxygen atoms in total. The fourth-order valence-corrected chi connectivity index (χ4v) is 1.80. The highest BCUT2D eigenvalue weighted by Crippen LogP contribution is 2.16. The predicted octanol–water partition coefficient (Wildman–Crippen LogP) is 2.55. The fraction of sp³-hybridized carbons (Fsp3) is 0.444. The predicted molar refractivity (Wildman–Crippen MR) is 97.7 cm³/mol. The third-order valence-corrected chi connectivity index (χ3v) is 2.95. The van der Waals surface area contributed by atoms with Gasteiger partial charge in [-0.1, -0.05) is 0 Å². The van der Waals surface area contributed by atoms with E-state index in [2.05, 4.69) is 5.32 Å². The molecule has 0 saturated carbocycles. The Hall–Kier alpha value is -3.30. The molecule has 0 aromatic heterocycles. The van der Waals surface area contributed by atoms with Crippen LogP contribution in [0.2, 0.25) is 0 Å². The lowest BCUT2D eigenvalue weighted by molar-refractivity contribution is -0.137. The van der Waals surface area contributed by atoms with Gasteiger partial charge in [0, 0.05) is 13.0 Å². The summed E-state index contributed by atoms with van der Waals surface area (Å²) >= 11 is 0. The first kappa shape index (κ1) is 24.7. The van der Waals surface area contributed by atoms with Gasteiger partial charge in [0.15, 0.2) is 0 Å². The number of ether oxygens (including phenoxy) is 1. The highest BCUT2D eigenvalue weighted by atomic mass is 16.6. The molecular weight excluding hydrogens is 374 g/mol. The number of hydrogen-bond donors (Lipinski definition) is 5. The maximum Gasteiger partial charge on any atom is 0.407 e. The molecule has 0 aliphatic rings. The molecule has 0 atom stereocenters. The van der Waals surface area contributed by atoms with Crippen molar-refractivity contribution in [3.05, 3.63) is 29.3 Å². The van der Waals surface area contributed by atoms with Crippen LogP contribution in [0.1, 0.15) is 60.7 Å². The van der Waals surface area contributed by atoms with Gasteiger partial charge < -0.3 is 30.5 Å². The van der Waals surface area contributed by atoms with Crippen LogP contribution >= 0.6 is 0 Å². The SMILES string of the molecule is CC(C)(C)OC(=O)NCCCCC(=O)O.O=C(O)c1ccc(O)cc1C(=O)O. The molecule has 10 heteroatoms. The molecule has 156 valence electrons. The maximum atomic E-state index is 11.1. The maximum absolute atomic E-state index is 11.1. The number of aromatic hydroxyl groups is 1. The largest absolute Gasteiger partial charge is 0.508 e. The fourth-order valence-electron chi connectivity index (χ4n) is 1.80. The molecule has 0 spiro atoms. The van der Waals surface area contributed by atoms with Crippen molar-refractivity contribution in [3.63, 3.8) is 0 Å². The van der Waals surface area contributed by atoms with Gasteiger partial charge in [-0.2, -0.15) is 0 Å². The molecule has 5 N–H and O–H groups in total. The summed E-state index contributed by atoms with van der Waals surface area (Å²) in [6, 6.07) is 3.06. The molecule has 0 unspecified atom stereocenters. The summed E-state index contributed by atoms with van der Waals surface area (Å²) in [6.45, 7) is 5.81. The minimum atomic E-state index is -1.38. The van der Waals surface area contributed by atoms with Crippen molar-refractivity contribution in [2.75, 3.05) is 6.54 Å². The number of phenolic OH excluding ortho intramolecular Hbond substituents is 1. The van der Waals surface area contributed by atoms with Crippen LogP contribution in [-0.4, -0.2) is 56.6 Å². The number of amides is 1. The molecule has 0 heterocycles. The number of nitrogens with one attached hydrogen (secondary N) is 1. The molecule has 1 rings (SSSR count). The summed E-state index contributed by atoms with van der Waals surface area (Å²) in [5.74, 6) is -3.81. The third-order valence-electron chi connectivity index (χ3n) is 2.95. The Morgan fingerprint density at radius 2 is 1.54 bits per heavy atom. The number of aromatic carboxylic acids is 2. The van der Waals surface area contributed by atoms with E-state index in [0.29, 0.717) is 19.4 Å². The Balaban J connectivity index is 0.000000525. The number of carbonyl (C=O) groups is 4. The van der Waals surface area contributed by atoms with Gasteiger partial charge in [-0.25, -0.2) is 14.4 Å². The van der Waals surface area contributed by atoms with E-state index >= 15 is 0 Å². The average molecular weight is 399 g/mol. The second kappa shape index (κ2) is 11.4. The van der Waals surface area contributed by atoms with Gasteiger partial charge in [-0.15, -0.1) is 0 Å². The second-order valence-corrected chi connectivity index (χ2v) is 6.62. The molecule has 0 aliphatic carbocycles. The number of hydrogen-bond acceptors (Lipinski definition) is 6. The van der Waals surface area contributed by atoms with Gasteiger partial charge in [0.25, 0.3) is 0 Å². The van der Waals surface area contributed by atoms with E-state index in [1.807, 2.05) is 0 Å². The number of carbonyl (C=O) groups excluding carboxylic acids is 1. The van der Waals surface area contributed by atoms with Crippen molar-refractivity contribution in [3.8, 4) is 5.75 Å². The number of rotatable bonds is 7. The minimum Gasteiger partial charge on any atom is -0.508 e. The van der Waals surface area contributed by atoms with Crippen molar-refractivity contribution < 1.29 is 44.3 Å². The number of phenols is 1. The Labute approximate surface area is 161 Å². The third kappa shape index (κ3) is 11.3. The van der Waals surface area contributed by atoms with Crippen LogP contribution in [0.3, 0.4) is 0 Å². The Morgan fingerprint density at radius 1 is 0.964 bits per heavy atom. The van der Waals surface area contributed by atoms with Crippen molar-refractivity contribution in [1.82, 2.24) is 5.32 Å². The number of benzene rings is 1. The molecule has 1 aromatic rings. The van der Waals surface area contributed by atoms with Crippen LogP contribution in [0.4, 0.5) is 4.79 Å². The van der Waals surface area contributed by atoms with E-state index < -0.39 is 35.2 Å². The summed E-state index contributed by atoms with van der Waals surface area (Å²) in [5, 5.41) is 37.0.